The number of rotatable bonds is 10. The van der Waals surface area contributed by atoms with Gasteiger partial charge in [-0.25, -0.2) is 4.57 Å². The lowest BCUT2D eigenvalue weighted by molar-refractivity contribution is -0.299. The van der Waals surface area contributed by atoms with Crippen molar-refractivity contribution in [2.45, 2.75) is 61.3 Å². The first kappa shape index (κ1) is 27.0. The van der Waals surface area contributed by atoms with Gasteiger partial charge < -0.3 is 59.4 Å². The monoisotopic (exact) mass is 476 g/mol. The lowest BCUT2D eigenvalue weighted by atomic mass is 9.96. The van der Waals surface area contributed by atoms with Crippen LogP contribution in [0.5, 0.6) is 0 Å². The molecule has 0 spiro atoms. The maximum atomic E-state index is 11.4. The summed E-state index contributed by atoms with van der Waals surface area (Å²) in [6.45, 7) is -0.854. The molecule has 0 aromatic carbocycles. The van der Waals surface area contributed by atoms with E-state index in [1.54, 1.807) is 14.1 Å². The maximum Gasteiger partial charge on any atom is 0.470 e. The number of aliphatic hydroxyl groups excluding tert-OH is 3. The van der Waals surface area contributed by atoms with Crippen LogP contribution in [0.1, 0.15) is 0 Å². The Balaban J connectivity index is 2.12. The number of nitrogens with one attached hydrogen (secondary N) is 2. The summed E-state index contributed by atoms with van der Waals surface area (Å²) in [6, 6.07) is -1.42. The van der Waals surface area contributed by atoms with Crippen LogP contribution in [0.25, 0.3) is 0 Å². The van der Waals surface area contributed by atoms with Gasteiger partial charge >= 0.3 is 7.82 Å². The van der Waals surface area contributed by atoms with Gasteiger partial charge in [-0.3, -0.25) is 4.52 Å². The minimum atomic E-state index is -4.90. The zero-order chi connectivity index (χ0) is 23.3. The van der Waals surface area contributed by atoms with Crippen molar-refractivity contribution in [1.29, 1.82) is 0 Å². The predicted octanol–water partition coefficient (Wildman–Crippen LogP) is -3.52. The van der Waals surface area contributed by atoms with Gasteiger partial charge in [-0.05, 0) is 14.1 Å². The van der Waals surface area contributed by atoms with Crippen LogP contribution in [-0.4, -0.2) is 128 Å². The molecule has 7 N–H and O–H groups in total. The molecule has 0 aromatic rings. The first-order chi connectivity index (χ1) is 14.6. The van der Waals surface area contributed by atoms with E-state index in [9.17, 15) is 29.7 Å². The molecule has 0 aromatic heterocycles. The van der Waals surface area contributed by atoms with Crippen LogP contribution < -0.4 is 10.6 Å². The average molecular weight is 476 g/mol. The molecule has 2 aliphatic rings. The zero-order valence-corrected chi connectivity index (χ0v) is 18.6. The third kappa shape index (κ3) is 6.40. The molecule has 2 heterocycles. The van der Waals surface area contributed by atoms with Crippen LogP contribution in [0.15, 0.2) is 0 Å². The Hall–Kier alpha value is -0.290. The number of aliphatic hydroxyl groups is 3. The molecule has 10 atom stereocenters. The van der Waals surface area contributed by atoms with Crippen molar-refractivity contribution in [3.05, 3.63) is 0 Å². The van der Waals surface area contributed by atoms with E-state index < -0.39 is 75.7 Å². The highest BCUT2D eigenvalue weighted by molar-refractivity contribution is 7.46. The standard InChI is InChI=1S/C16H33N2O12P/c1-17-9-13(25-3)11(20)8(28-15(9)21)6-27-16-10(18-2)14(26-4)12(7(5-19)29-16)30-31(22,23)24/h7-21H,5-6H2,1-4H3,(H2,22,23,24). The van der Waals surface area contributed by atoms with Crippen molar-refractivity contribution in [3.63, 3.8) is 0 Å². The molecule has 184 valence electrons. The average Bonchev–Trinajstić information content (AvgIpc) is 2.72. The molecule has 2 aliphatic heterocycles. The number of phosphoric acid groups is 1. The molecule has 10 unspecified atom stereocenters. The first-order valence-electron chi connectivity index (χ1n) is 9.65. The predicted molar refractivity (Wildman–Crippen MR) is 103 cm³/mol. The van der Waals surface area contributed by atoms with Crippen LogP contribution >= 0.6 is 7.82 Å². The van der Waals surface area contributed by atoms with E-state index in [4.69, 9.17) is 28.2 Å². The molecule has 0 aliphatic carbocycles. The molecule has 0 amide bonds. The van der Waals surface area contributed by atoms with Crippen molar-refractivity contribution in [1.82, 2.24) is 10.6 Å². The van der Waals surface area contributed by atoms with Gasteiger partial charge in [0, 0.05) is 14.2 Å². The Morgan fingerprint density at radius 3 is 2.03 bits per heavy atom. The highest BCUT2D eigenvalue weighted by atomic mass is 31.2. The Labute approximate surface area is 180 Å². The number of likely N-dealkylation sites (N-methyl/N-ethyl adjacent to an activating group) is 2. The molecular weight excluding hydrogens is 443 g/mol. The molecule has 14 nitrogen and oxygen atoms in total. The zero-order valence-electron chi connectivity index (χ0n) is 17.7. The number of methoxy groups -OCH3 is 2. The topological polar surface area (TPSA) is 198 Å². The van der Waals surface area contributed by atoms with Gasteiger partial charge in [-0.2, -0.15) is 0 Å². The van der Waals surface area contributed by atoms with Crippen LogP contribution in [0.3, 0.4) is 0 Å². The van der Waals surface area contributed by atoms with Crippen molar-refractivity contribution >= 4 is 7.82 Å². The van der Waals surface area contributed by atoms with Gasteiger partial charge in [0.2, 0.25) is 0 Å². The molecule has 0 bridgehead atoms. The van der Waals surface area contributed by atoms with Gasteiger partial charge in [0.05, 0.1) is 25.3 Å². The van der Waals surface area contributed by atoms with E-state index in [0.717, 1.165) is 0 Å². The van der Waals surface area contributed by atoms with Crippen LogP contribution in [0.2, 0.25) is 0 Å². The lowest BCUT2D eigenvalue weighted by Crippen LogP contribution is -2.66. The van der Waals surface area contributed by atoms with Gasteiger partial charge in [0.25, 0.3) is 0 Å². The molecule has 15 heteroatoms. The molecule has 31 heavy (non-hydrogen) atoms. The Bertz CT molecular complexity index is 597. The summed E-state index contributed by atoms with van der Waals surface area (Å²) in [5, 5.41) is 36.1. The summed E-state index contributed by atoms with van der Waals surface area (Å²) in [6.07, 6.45) is -8.64. The summed E-state index contributed by atoms with van der Waals surface area (Å²) in [7, 11) is 0.950. The van der Waals surface area contributed by atoms with Gasteiger partial charge in [0.1, 0.15) is 36.6 Å². The normalized spacial score (nSPS) is 42.0. The van der Waals surface area contributed by atoms with E-state index in [2.05, 4.69) is 10.6 Å². The van der Waals surface area contributed by atoms with Gasteiger partial charge in [-0.15, -0.1) is 0 Å². The van der Waals surface area contributed by atoms with Crippen molar-refractivity contribution in [3.8, 4) is 0 Å². The van der Waals surface area contributed by atoms with Crippen molar-refractivity contribution in [2.24, 2.45) is 0 Å². The quantitative estimate of drug-likeness (QED) is 0.153. The summed E-state index contributed by atoms with van der Waals surface area (Å²) in [4.78, 5) is 18.4. The molecule has 0 saturated carbocycles. The highest BCUT2D eigenvalue weighted by Gasteiger charge is 2.50. The molecule has 2 fully saturated rings. The Kier molecular flexibility index (Phi) is 10.2. The summed E-state index contributed by atoms with van der Waals surface area (Å²) in [5.74, 6) is 0. The largest absolute Gasteiger partial charge is 0.470 e. The van der Waals surface area contributed by atoms with Crippen LogP contribution in [0, 0.1) is 0 Å². The van der Waals surface area contributed by atoms with Crippen molar-refractivity contribution in [2.75, 3.05) is 41.5 Å². The summed E-state index contributed by atoms with van der Waals surface area (Å²) >= 11 is 0. The van der Waals surface area contributed by atoms with Crippen molar-refractivity contribution < 1.29 is 57.9 Å². The number of ether oxygens (including phenoxy) is 5. The Morgan fingerprint density at radius 1 is 0.935 bits per heavy atom. The third-order valence-electron chi connectivity index (χ3n) is 5.41. The van der Waals surface area contributed by atoms with E-state index >= 15 is 0 Å². The molecule has 2 saturated heterocycles. The molecule has 2 rings (SSSR count). The van der Waals surface area contributed by atoms with Crippen LogP contribution in [-0.2, 0) is 32.8 Å². The van der Waals surface area contributed by atoms with E-state index in [-0.39, 0.29) is 6.61 Å². The fraction of sp³-hybridized carbons (Fsp3) is 1.00. The Morgan fingerprint density at radius 2 is 1.55 bits per heavy atom. The second kappa shape index (κ2) is 11.7. The van der Waals surface area contributed by atoms with E-state index in [1.165, 1.54) is 14.2 Å². The second-order valence-electron chi connectivity index (χ2n) is 7.20. The summed E-state index contributed by atoms with van der Waals surface area (Å²) in [5.41, 5.74) is 0. The number of hydrogen-bond acceptors (Lipinski definition) is 12. The highest BCUT2D eigenvalue weighted by Crippen LogP contribution is 2.42. The smallest absolute Gasteiger partial charge is 0.394 e. The molecule has 0 radical (unpaired) electrons. The summed E-state index contributed by atoms with van der Waals surface area (Å²) < 4.78 is 43.6. The minimum Gasteiger partial charge on any atom is -0.394 e. The third-order valence-corrected chi connectivity index (χ3v) is 5.93. The van der Waals surface area contributed by atoms with E-state index in [0.29, 0.717) is 0 Å². The fourth-order valence-electron chi connectivity index (χ4n) is 3.91. The maximum absolute atomic E-state index is 11.4. The minimum absolute atomic E-state index is 0.226. The fourth-order valence-corrected chi connectivity index (χ4v) is 4.49. The second-order valence-corrected chi connectivity index (χ2v) is 8.40. The van der Waals surface area contributed by atoms with Gasteiger partial charge in [-0.1, -0.05) is 0 Å². The van der Waals surface area contributed by atoms with Gasteiger partial charge in [0.15, 0.2) is 12.6 Å². The first-order valence-corrected chi connectivity index (χ1v) is 11.2. The van der Waals surface area contributed by atoms with E-state index in [1.807, 2.05) is 0 Å². The molecular formula is C16H33N2O12P. The lowest BCUT2D eigenvalue weighted by Gasteiger charge is -2.46. The number of phosphoric ester groups is 1. The number of hydrogen-bond donors (Lipinski definition) is 7. The SMILES string of the molecule is CNC1C(O)OC(COC2OC(CO)C(OP(=O)(O)O)C(OC)C2NC)C(O)C1OC. The van der Waals surface area contributed by atoms with Crippen LogP contribution in [0.4, 0.5) is 0 Å².